The van der Waals surface area contributed by atoms with E-state index in [0.29, 0.717) is 0 Å². The first kappa shape index (κ1) is 17.4. The van der Waals surface area contributed by atoms with Gasteiger partial charge < -0.3 is 10.0 Å². The first-order valence-corrected chi connectivity index (χ1v) is 6.71. The van der Waals surface area contributed by atoms with Gasteiger partial charge in [-0.2, -0.15) is 0 Å². The summed E-state index contributed by atoms with van der Waals surface area (Å²) < 4.78 is 13.7. The summed E-state index contributed by atoms with van der Waals surface area (Å²) >= 11 is 5.91. The third-order valence-corrected chi connectivity index (χ3v) is 3.64. The first-order chi connectivity index (χ1) is 9.73. The van der Waals surface area contributed by atoms with Gasteiger partial charge in [0.2, 0.25) is 5.91 Å². The zero-order valence-corrected chi connectivity index (χ0v) is 12.9. The average Bonchev–Trinajstić information content (AvgIpc) is 2.41. The quantitative estimate of drug-likeness (QED) is 0.870. The molecule has 21 heavy (non-hydrogen) atoms. The Bertz CT molecular complexity index is 519. The van der Waals surface area contributed by atoms with Crippen molar-refractivity contribution >= 4 is 23.5 Å². The van der Waals surface area contributed by atoms with Gasteiger partial charge in [-0.25, -0.2) is 4.39 Å². The normalized spacial score (nSPS) is 12.3. The maximum absolute atomic E-state index is 13.7. The van der Waals surface area contributed by atoms with Crippen molar-refractivity contribution in [1.82, 2.24) is 9.80 Å². The molecule has 0 heterocycles. The Morgan fingerprint density at radius 2 is 2.00 bits per heavy atom. The Kier molecular flexibility index (Phi) is 6.11. The molecule has 0 bridgehead atoms. The highest BCUT2D eigenvalue weighted by Crippen LogP contribution is 2.20. The van der Waals surface area contributed by atoms with Crippen molar-refractivity contribution in [3.63, 3.8) is 0 Å². The summed E-state index contributed by atoms with van der Waals surface area (Å²) in [5.41, 5.74) is 0.240. The minimum atomic E-state index is -1.01. The van der Waals surface area contributed by atoms with E-state index in [1.165, 1.54) is 35.9 Å². The van der Waals surface area contributed by atoms with Crippen molar-refractivity contribution in [3.8, 4) is 0 Å². The van der Waals surface area contributed by atoms with Crippen molar-refractivity contribution in [2.24, 2.45) is 0 Å². The monoisotopic (exact) mass is 316 g/mol. The number of halogens is 2. The van der Waals surface area contributed by atoms with Crippen LogP contribution >= 0.6 is 11.6 Å². The summed E-state index contributed by atoms with van der Waals surface area (Å²) in [5.74, 6) is -1.80. The van der Waals surface area contributed by atoms with Crippen molar-refractivity contribution < 1.29 is 19.1 Å². The number of benzene rings is 1. The number of carbonyl (C=O) groups excluding carboxylic acids is 1. The van der Waals surface area contributed by atoms with Crippen LogP contribution in [0.2, 0.25) is 5.02 Å². The number of nitrogens with zero attached hydrogens (tertiary/aromatic N) is 2. The van der Waals surface area contributed by atoms with Gasteiger partial charge in [-0.05, 0) is 26.1 Å². The number of carboxylic acids is 1. The molecule has 116 valence electrons. The van der Waals surface area contributed by atoms with E-state index in [9.17, 15) is 14.0 Å². The van der Waals surface area contributed by atoms with E-state index >= 15 is 0 Å². The van der Waals surface area contributed by atoms with Crippen molar-refractivity contribution in [3.05, 3.63) is 34.6 Å². The summed E-state index contributed by atoms with van der Waals surface area (Å²) in [7, 11) is 3.06. The van der Waals surface area contributed by atoms with Crippen LogP contribution in [0.25, 0.3) is 0 Å². The number of rotatable bonds is 6. The smallest absolute Gasteiger partial charge is 0.320 e. The summed E-state index contributed by atoms with van der Waals surface area (Å²) in [6.45, 7) is 1.44. The van der Waals surface area contributed by atoms with Crippen LogP contribution < -0.4 is 0 Å². The molecule has 0 aliphatic heterocycles. The average molecular weight is 317 g/mol. The number of aliphatic carboxylic acids is 1. The summed E-state index contributed by atoms with van der Waals surface area (Å²) in [6, 6.07) is 3.54. The van der Waals surface area contributed by atoms with E-state index in [2.05, 4.69) is 0 Å². The zero-order valence-electron chi connectivity index (χ0n) is 12.1. The molecule has 1 N–H and O–H groups in total. The highest BCUT2D eigenvalue weighted by molar-refractivity contribution is 6.31. The maximum atomic E-state index is 13.7. The molecule has 0 aliphatic carbocycles. The first-order valence-electron chi connectivity index (χ1n) is 6.34. The minimum Gasteiger partial charge on any atom is -0.480 e. The van der Waals surface area contributed by atoms with Gasteiger partial charge in [-0.3, -0.25) is 14.5 Å². The van der Waals surface area contributed by atoms with Crippen LogP contribution in [0.3, 0.4) is 0 Å². The van der Waals surface area contributed by atoms with Crippen LogP contribution in [0.15, 0.2) is 18.2 Å². The Labute approximate surface area is 127 Å². The molecule has 0 aromatic heterocycles. The summed E-state index contributed by atoms with van der Waals surface area (Å²) in [4.78, 5) is 25.6. The zero-order chi connectivity index (χ0) is 16.2. The largest absolute Gasteiger partial charge is 0.480 e. The second-order valence-corrected chi connectivity index (χ2v) is 5.29. The van der Waals surface area contributed by atoms with Crippen LogP contribution in [0.1, 0.15) is 12.5 Å². The highest BCUT2D eigenvalue weighted by atomic mass is 35.5. The molecular weight excluding hydrogens is 299 g/mol. The lowest BCUT2D eigenvalue weighted by Gasteiger charge is -2.24. The molecule has 0 fully saturated rings. The van der Waals surface area contributed by atoms with Crippen LogP contribution in [0, 0.1) is 5.82 Å². The van der Waals surface area contributed by atoms with Gasteiger partial charge in [0.25, 0.3) is 0 Å². The molecule has 0 saturated heterocycles. The van der Waals surface area contributed by atoms with Gasteiger partial charge in [0.15, 0.2) is 0 Å². The SMILES string of the molecule is CC(C(=O)O)N(C)CC(=O)N(C)Cc1c(F)cccc1Cl. The molecule has 0 aliphatic rings. The molecule has 1 aromatic rings. The number of hydrogen-bond acceptors (Lipinski definition) is 3. The lowest BCUT2D eigenvalue weighted by atomic mass is 10.2. The van der Waals surface area contributed by atoms with E-state index < -0.39 is 17.8 Å². The van der Waals surface area contributed by atoms with E-state index in [0.717, 1.165) is 0 Å². The molecule has 1 unspecified atom stereocenters. The molecule has 1 atom stereocenters. The van der Waals surface area contributed by atoms with E-state index in [1.54, 1.807) is 13.1 Å². The Morgan fingerprint density at radius 3 is 2.52 bits per heavy atom. The fraction of sp³-hybridized carbons (Fsp3) is 0.429. The maximum Gasteiger partial charge on any atom is 0.320 e. The second-order valence-electron chi connectivity index (χ2n) is 4.88. The Morgan fingerprint density at radius 1 is 1.38 bits per heavy atom. The highest BCUT2D eigenvalue weighted by Gasteiger charge is 2.21. The molecule has 1 rings (SSSR count). The lowest BCUT2D eigenvalue weighted by Crippen LogP contribution is -2.43. The van der Waals surface area contributed by atoms with Crippen molar-refractivity contribution in [2.75, 3.05) is 20.6 Å². The third kappa shape index (κ3) is 4.68. The van der Waals surface area contributed by atoms with E-state index in [1.807, 2.05) is 0 Å². The summed E-state index contributed by atoms with van der Waals surface area (Å²) in [5, 5.41) is 9.13. The van der Waals surface area contributed by atoms with E-state index in [-0.39, 0.29) is 29.6 Å². The van der Waals surface area contributed by atoms with Gasteiger partial charge >= 0.3 is 5.97 Å². The van der Waals surface area contributed by atoms with Crippen LogP contribution in [-0.2, 0) is 16.1 Å². The molecule has 5 nitrogen and oxygen atoms in total. The molecule has 7 heteroatoms. The lowest BCUT2D eigenvalue weighted by molar-refractivity contribution is -0.143. The fourth-order valence-corrected chi connectivity index (χ4v) is 1.89. The molecule has 0 spiro atoms. The van der Waals surface area contributed by atoms with Gasteiger partial charge in [-0.1, -0.05) is 17.7 Å². The van der Waals surface area contributed by atoms with Gasteiger partial charge in [-0.15, -0.1) is 0 Å². The number of hydrogen-bond donors (Lipinski definition) is 1. The van der Waals surface area contributed by atoms with Crippen molar-refractivity contribution in [1.29, 1.82) is 0 Å². The van der Waals surface area contributed by atoms with Crippen LogP contribution in [0.4, 0.5) is 4.39 Å². The number of carboxylic acid groups (broad SMARTS) is 1. The summed E-state index contributed by atoms with van der Waals surface area (Å²) in [6.07, 6.45) is 0. The van der Waals surface area contributed by atoms with Gasteiger partial charge in [0, 0.05) is 24.2 Å². The topological polar surface area (TPSA) is 60.9 Å². The van der Waals surface area contributed by atoms with E-state index in [4.69, 9.17) is 16.7 Å². The second kappa shape index (κ2) is 7.38. The predicted molar refractivity (Wildman–Crippen MR) is 77.6 cm³/mol. The third-order valence-electron chi connectivity index (χ3n) is 3.29. The molecular formula is C14H18ClFN2O3. The fourth-order valence-electron chi connectivity index (χ4n) is 1.67. The van der Waals surface area contributed by atoms with Crippen LogP contribution in [-0.4, -0.2) is 53.5 Å². The molecule has 1 amide bonds. The molecule has 0 saturated carbocycles. The number of likely N-dealkylation sites (N-methyl/N-ethyl adjacent to an activating group) is 2. The van der Waals surface area contributed by atoms with Crippen molar-refractivity contribution in [2.45, 2.75) is 19.5 Å². The van der Waals surface area contributed by atoms with Crippen LogP contribution in [0.5, 0.6) is 0 Å². The number of carbonyl (C=O) groups is 2. The molecule has 1 aromatic carbocycles. The number of amides is 1. The molecule has 0 radical (unpaired) electrons. The standard InChI is InChI=1S/C14H18ClFN2O3/c1-9(14(20)21)17(2)8-13(19)18(3)7-10-11(15)5-4-6-12(10)16/h4-6,9H,7-8H2,1-3H3,(H,20,21). The van der Waals surface area contributed by atoms with Gasteiger partial charge in [0.1, 0.15) is 11.9 Å². The van der Waals surface area contributed by atoms with Gasteiger partial charge in [0.05, 0.1) is 6.54 Å². The Hall–Kier alpha value is -1.66. The Balaban J connectivity index is 2.69. The minimum absolute atomic E-state index is 0.0274. The predicted octanol–water partition coefficient (Wildman–Crippen LogP) is 1.84.